The van der Waals surface area contributed by atoms with Crippen LogP contribution < -0.4 is 0 Å². The van der Waals surface area contributed by atoms with Crippen LogP contribution in [0.2, 0.25) is 0 Å². The van der Waals surface area contributed by atoms with Crippen molar-refractivity contribution in [1.29, 1.82) is 0 Å². The molecule has 3 aliphatic heterocycles. The molecule has 0 spiro atoms. The highest BCUT2D eigenvalue weighted by atomic mass is 16.5. The molecule has 2 fully saturated rings. The Balaban J connectivity index is 1.29. The van der Waals surface area contributed by atoms with E-state index in [-0.39, 0.29) is 11.8 Å². The van der Waals surface area contributed by atoms with Crippen molar-refractivity contribution in [2.45, 2.75) is 57.5 Å². The Labute approximate surface area is 176 Å². The first kappa shape index (κ1) is 19.7. The molecule has 0 aliphatic carbocycles. The summed E-state index contributed by atoms with van der Waals surface area (Å²) >= 11 is 0. The molecule has 9 nitrogen and oxygen atoms in total. The van der Waals surface area contributed by atoms with Gasteiger partial charge in [0.25, 0.3) is 5.89 Å². The van der Waals surface area contributed by atoms with E-state index in [2.05, 4.69) is 20.1 Å². The number of ether oxygens (including phenoxy) is 1. The van der Waals surface area contributed by atoms with Gasteiger partial charge in [0.15, 0.2) is 11.5 Å². The fourth-order valence-electron chi connectivity index (χ4n) is 4.78. The minimum Gasteiger partial charge on any atom is -0.381 e. The zero-order valence-electron chi connectivity index (χ0n) is 17.7. The Hall–Kier alpha value is -2.26. The second-order valence-electron chi connectivity index (χ2n) is 8.68. The first-order valence-electron chi connectivity index (χ1n) is 11.2. The fourth-order valence-corrected chi connectivity index (χ4v) is 4.78. The molecule has 2 aromatic rings. The van der Waals surface area contributed by atoms with Crippen LogP contribution in [0.3, 0.4) is 0 Å². The van der Waals surface area contributed by atoms with E-state index in [1.807, 2.05) is 16.6 Å². The van der Waals surface area contributed by atoms with Crippen molar-refractivity contribution >= 4 is 5.91 Å². The van der Waals surface area contributed by atoms with Gasteiger partial charge in [0.1, 0.15) is 0 Å². The van der Waals surface area contributed by atoms with Gasteiger partial charge in [0.05, 0.1) is 25.3 Å². The maximum absolute atomic E-state index is 13.0. The van der Waals surface area contributed by atoms with E-state index in [4.69, 9.17) is 9.26 Å². The Kier molecular flexibility index (Phi) is 5.56. The van der Waals surface area contributed by atoms with Crippen LogP contribution in [0, 0.1) is 0 Å². The van der Waals surface area contributed by atoms with Crippen molar-refractivity contribution in [2.24, 2.45) is 7.05 Å². The maximum atomic E-state index is 13.0. The summed E-state index contributed by atoms with van der Waals surface area (Å²) in [6, 6.07) is 0. The average Bonchev–Trinajstić information content (AvgIpc) is 3.43. The van der Waals surface area contributed by atoms with Crippen molar-refractivity contribution in [2.75, 3.05) is 32.8 Å². The number of rotatable bonds is 4. The van der Waals surface area contributed by atoms with Gasteiger partial charge in [-0.3, -0.25) is 14.4 Å². The molecule has 3 aliphatic rings. The molecule has 30 heavy (non-hydrogen) atoms. The third kappa shape index (κ3) is 3.88. The summed E-state index contributed by atoms with van der Waals surface area (Å²) in [5, 5.41) is 8.84. The van der Waals surface area contributed by atoms with Gasteiger partial charge in [0, 0.05) is 31.7 Å². The van der Waals surface area contributed by atoms with Crippen molar-refractivity contribution < 1.29 is 14.1 Å². The number of hydrogen-bond donors (Lipinski definition) is 0. The number of amides is 1. The lowest BCUT2D eigenvalue weighted by Gasteiger charge is -2.23. The second-order valence-corrected chi connectivity index (χ2v) is 8.68. The third-order valence-electron chi connectivity index (χ3n) is 6.61. The monoisotopic (exact) mass is 414 g/mol. The molecular formula is C21H30N6O3. The van der Waals surface area contributed by atoms with Gasteiger partial charge in [-0.1, -0.05) is 18.0 Å². The number of fused-ring (bicyclic) bond motifs is 1. The van der Waals surface area contributed by atoms with Crippen LogP contribution in [-0.2, 0) is 29.7 Å². The molecule has 5 heterocycles. The molecule has 0 unspecified atom stereocenters. The Morgan fingerprint density at radius 3 is 2.63 bits per heavy atom. The summed E-state index contributed by atoms with van der Waals surface area (Å²) in [5.74, 6) is 1.65. The van der Waals surface area contributed by atoms with Crippen molar-refractivity contribution in [3.63, 3.8) is 0 Å². The molecule has 9 heteroatoms. The topological polar surface area (TPSA) is 89.5 Å². The lowest BCUT2D eigenvalue weighted by Crippen LogP contribution is -2.38. The third-order valence-corrected chi connectivity index (χ3v) is 6.61. The largest absolute Gasteiger partial charge is 0.381 e. The number of nitrogens with zero attached hydrogens (tertiary/aromatic N) is 6. The summed E-state index contributed by atoms with van der Waals surface area (Å²) in [6.07, 6.45) is 6.75. The Bertz CT molecular complexity index is 893. The van der Waals surface area contributed by atoms with Crippen molar-refractivity contribution in [1.82, 2.24) is 29.7 Å². The molecule has 0 atom stereocenters. The molecule has 0 saturated carbocycles. The highest BCUT2D eigenvalue weighted by Crippen LogP contribution is 2.33. The minimum absolute atomic E-state index is 0.187. The molecule has 162 valence electrons. The van der Waals surface area contributed by atoms with Gasteiger partial charge >= 0.3 is 0 Å². The Morgan fingerprint density at radius 1 is 1.10 bits per heavy atom. The summed E-state index contributed by atoms with van der Waals surface area (Å²) in [4.78, 5) is 21.8. The molecule has 0 radical (unpaired) electrons. The van der Waals surface area contributed by atoms with Crippen LogP contribution in [-0.4, -0.2) is 68.5 Å². The molecule has 1 amide bonds. The predicted molar refractivity (Wildman–Crippen MR) is 108 cm³/mol. The van der Waals surface area contributed by atoms with Gasteiger partial charge in [-0.2, -0.15) is 10.1 Å². The van der Waals surface area contributed by atoms with Crippen LogP contribution in [0.25, 0.3) is 11.6 Å². The molecule has 5 rings (SSSR count). The summed E-state index contributed by atoms with van der Waals surface area (Å²) in [7, 11) is 1.92. The maximum Gasteiger partial charge on any atom is 0.278 e. The summed E-state index contributed by atoms with van der Waals surface area (Å²) < 4.78 is 12.9. The van der Waals surface area contributed by atoms with Crippen LogP contribution in [0.1, 0.15) is 61.5 Å². The number of aryl methyl sites for hydroxylation is 1. The number of aromatic nitrogens is 4. The second kappa shape index (κ2) is 8.47. The zero-order valence-corrected chi connectivity index (χ0v) is 17.7. The fraction of sp³-hybridized carbons (Fsp3) is 0.714. The van der Waals surface area contributed by atoms with Gasteiger partial charge in [-0.15, -0.1) is 0 Å². The predicted octanol–water partition coefficient (Wildman–Crippen LogP) is 2.08. The van der Waals surface area contributed by atoms with Crippen molar-refractivity contribution in [3.8, 4) is 11.6 Å². The van der Waals surface area contributed by atoms with Gasteiger partial charge in [-0.25, -0.2) is 0 Å². The minimum atomic E-state index is 0.187. The van der Waals surface area contributed by atoms with E-state index >= 15 is 0 Å². The summed E-state index contributed by atoms with van der Waals surface area (Å²) in [5.41, 5.74) is 2.80. The van der Waals surface area contributed by atoms with E-state index < -0.39 is 0 Å². The van der Waals surface area contributed by atoms with E-state index in [0.717, 1.165) is 56.2 Å². The highest BCUT2D eigenvalue weighted by molar-refractivity contribution is 5.79. The van der Waals surface area contributed by atoms with Gasteiger partial charge in [0.2, 0.25) is 5.91 Å². The first-order chi connectivity index (χ1) is 14.7. The number of carbonyl (C=O) groups excluding carboxylic acids is 1. The molecule has 0 N–H and O–H groups in total. The Morgan fingerprint density at radius 2 is 1.87 bits per heavy atom. The molecule has 2 aromatic heterocycles. The first-order valence-corrected chi connectivity index (χ1v) is 11.2. The molecule has 2 saturated heterocycles. The van der Waals surface area contributed by atoms with Crippen LogP contribution >= 0.6 is 0 Å². The molecular weight excluding hydrogens is 384 g/mol. The molecule has 0 bridgehead atoms. The van der Waals surface area contributed by atoms with E-state index in [1.165, 1.54) is 25.7 Å². The van der Waals surface area contributed by atoms with E-state index in [9.17, 15) is 4.79 Å². The lowest BCUT2D eigenvalue weighted by atomic mass is 10.00. The SMILES string of the molecule is Cn1nc(-c2nc(C3CCOCC3)no2)c2c1CN(C(=O)CN1CCCCCC1)C2. The van der Waals surface area contributed by atoms with Crippen LogP contribution in [0.4, 0.5) is 0 Å². The number of likely N-dealkylation sites (tertiary alicyclic amines) is 1. The van der Waals surface area contributed by atoms with Crippen LogP contribution in [0.5, 0.6) is 0 Å². The normalized spacial score (nSPS) is 21.0. The van der Waals surface area contributed by atoms with E-state index in [0.29, 0.717) is 31.2 Å². The lowest BCUT2D eigenvalue weighted by molar-refractivity contribution is -0.133. The van der Waals surface area contributed by atoms with Crippen molar-refractivity contribution in [3.05, 3.63) is 17.1 Å². The van der Waals surface area contributed by atoms with Gasteiger partial charge in [-0.05, 0) is 38.8 Å². The van der Waals surface area contributed by atoms with Crippen LogP contribution in [0.15, 0.2) is 4.52 Å². The highest BCUT2D eigenvalue weighted by Gasteiger charge is 2.33. The number of hydrogen-bond acceptors (Lipinski definition) is 7. The smallest absolute Gasteiger partial charge is 0.278 e. The zero-order chi connectivity index (χ0) is 20.5. The quantitative estimate of drug-likeness (QED) is 0.757. The number of carbonyl (C=O) groups is 1. The standard InChI is InChI=1S/C21H30N6O3/c1-25-17-13-27(18(28)14-26-8-4-2-3-5-9-26)12-16(17)19(23-25)21-22-20(24-30-21)15-6-10-29-11-7-15/h15H,2-14H2,1H3. The molecule has 0 aromatic carbocycles. The van der Waals surface area contributed by atoms with Gasteiger partial charge < -0.3 is 14.2 Å². The summed E-state index contributed by atoms with van der Waals surface area (Å²) in [6.45, 7) is 5.17. The van der Waals surface area contributed by atoms with E-state index in [1.54, 1.807) is 0 Å². The average molecular weight is 415 g/mol.